The van der Waals surface area contributed by atoms with Gasteiger partial charge < -0.3 is 10.3 Å². The van der Waals surface area contributed by atoms with Crippen molar-refractivity contribution in [2.24, 2.45) is 0 Å². The van der Waals surface area contributed by atoms with Crippen LogP contribution in [-0.4, -0.2) is 41.0 Å². The Morgan fingerprint density at radius 3 is 2.95 bits per heavy atom. The summed E-state index contributed by atoms with van der Waals surface area (Å²) >= 11 is 0. The highest BCUT2D eigenvalue weighted by atomic mass is 15.2. The van der Waals surface area contributed by atoms with Crippen LogP contribution in [0.15, 0.2) is 18.2 Å². The third-order valence-corrected chi connectivity index (χ3v) is 4.49. The van der Waals surface area contributed by atoms with E-state index >= 15 is 0 Å². The maximum absolute atomic E-state index is 4.85. The van der Waals surface area contributed by atoms with Crippen LogP contribution in [0.1, 0.15) is 44.1 Å². The molecule has 2 N–H and O–H groups in total. The molecule has 4 heteroatoms. The number of aryl methyl sites for hydroxylation is 1. The van der Waals surface area contributed by atoms with E-state index in [1.165, 1.54) is 17.5 Å². The van der Waals surface area contributed by atoms with Gasteiger partial charge in [0.2, 0.25) is 0 Å². The van der Waals surface area contributed by atoms with Crippen LogP contribution in [0.4, 0.5) is 0 Å². The number of fused-ring (bicyclic) bond motifs is 1. The number of hydrogen-bond donors (Lipinski definition) is 2. The molecule has 1 aliphatic rings. The topological polar surface area (TPSA) is 44.0 Å². The summed E-state index contributed by atoms with van der Waals surface area (Å²) in [4.78, 5) is 11.0. The standard InChI is InChI=1S/C17H26N4/c1-3-13-6-7-14-15(12-13)20-17(19-14)16(4-2)21-10-5-8-18-9-11-21/h6-7,12,16,18H,3-5,8-11H2,1-2H3,(H,19,20). The molecule has 114 valence electrons. The number of nitrogens with one attached hydrogen (secondary N) is 2. The van der Waals surface area contributed by atoms with Gasteiger partial charge in [-0.25, -0.2) is 4.98 Å². The predicted molar refractivity (Wildman–Crippen MR) is 87.6 cm³/mol. The van der Waals surface area contributed by atoms with E-state index in [2.05, 4.69) is 47.2 Å². The van der Waals surface area contributed by atoms with E-state index in [9.17, 15) is 0 Å². The number of hydrogen-bond acceptors (Lipinski definition) is 3. The van der Waals surface area contributed by atoms with Gasteiger partial charge in [0.15, 0.2) is 0 Å². The summed E-state index contributed by atoms with van der Waals surface area (Å²) < 4.78 is 0. The van der Waals surface area contributed by atoms with Crippen molar-refractivity contribution in [3.63, 3.8) is 0 Å². The van der Waals surface area contributed by atoms with Crippen LogP contribution in [0.2, 0.25) is 0 Å². The number of nitrogens with zero attached hydrogens (tertiary/aromatic N) is 2. The monoisotopic (exact) mass is 286 g/mol. The summed E-state index contributed by atoms with van der Waals surface area (Å²) in [6, 6.07) is 6.97. The molecule has 21 heavy (non-hydrogen) atoms. The lowest BCUT2D eigenvalue weighted by Crippen LogP contribution is -2.32. The molecule has 0 amide bonds. The molecule has 2 heterocycles. The van der Waals surface area contributed by atoms with Crippen molar-refractivity contribution < 1.29 is 0 Å². The summed E-state index contributed by atoms with van der Waals surface area (Å²) in [5.74, 6) is 1.13. The molecular weight excluding hydrogens is 260 g/mol. The number of imidazole rings is 1. The van der Waals surface area contributed by atoms with E-state index in [1.54, 1.807) is 0 Å². The van der Waals surface area contributed by atoms with E-state index < -0.39 is 0 Å². The summed E-state index contributed by atoms with van der Waals surface area (Å²) in [6.45, 7) is 8.92. The molecule has 0 saturated carbocycles. The molecule has 1 atom stereocenters. The number of rotatable bonds is 4. The molecule has 4 nitrogen and oxygen atoms in total. The second-order valence-corrected chi connectivity index (χ2v) is 5.89. The van der Waals surface area contributed by atoms with Gasteiger partial charge in [-0.1, -0.05) is 19.9 Å². The fraction of sp³-hybridized carbons (Fsp3) is 0.588. The molecule has 1 aromatic carbocycles. The van der Waals surface area contributed by atoms with Gasteiger partial charge >= 0.3 is 0 Å². The quantitative estimate of drug-likeness (QED) is 0.908. The maximum atomic E-state index is 4.85. The Morgan fingerprint density at radius 1 is 1.24 bits per heavy atom. The fourth-order valence-electron chi connectivity index (χ4n) is 3.26. The first kappa shape index (κ1) is 14.5. The molecule has 1 aromatic heterocycles. The highest BCUT2D eigenvalue weighted by molar-refractivity contribution is 5.76. The van der Waals surface area contributed by atoms with E-state index in [4.69, 9.17) is 4.98 Å². The lowest BCUT2D eigenvalue weighted by Gasteiger charge is -2.27. The van der Waals surface area contributed by atoms with Crippen molar-refractivity contribution in [1.29, 1.82) is 0 Å². The Kier molecular flexibility index (Phi) is 4.56. The summed E-state index contributed by atoms with van der Waals surface area (Å²) in [7, 11) is 0. The normalized spacial score (nSPS) is 18.8. The zero-order valence-electron chi connectivity index (χ0n) is 13.2. The lowest BCUT2D eigenvalue weighted by molar-refractivity contribution is 0.198. The number of benzene rings is 1. The van der Waals surface area contributed by atoms with Gasteiger partial charge in [0, 0.05) is 19.6 Å². The van der Waals surface area contributed by atoms with Crippen molar-refractivity contribution in [2.75, 3.05) is 26.2 Å². The summed E-state index contributed by atoms with van der Waals surface area (Å²) in [5, 5.41) is 3.48. The molecule has 0 bridgehead atoms. The molecule has 0 aliphatic carbocycles. The first-order valence-corrected chi connectivity index (χ1v) is 8.25. The van der Waals surface area contributed by atoms with Crippen molar-refractivity contribution >= 4 is 11.0 Å². The first-order chi connectivity index (χ1) is 10.3. The Bertz CT molecular complexity index is 581. The number of H-pyrrole nitrogens is 1. The van der Waals surface area contributed by atoms with Gasteiger partial charge in [0.25, 0.3) is 0 Å². The van der Waals surface area contributed by atoms with Crippen LogP contribution in [-0.2, 0) is 6.42 Å². The first-order valence-electron chi connectivity index (χ1n) is 8.25. The molecule has 0 spiro atoms. The van der Waals surface area contributed by atoms with Crippen LogP contribution in [0, 0.1) is 0 Å². The second-order valence-electron chi connectivity index (χ2n) is 5.89. The molecular formula is C17H26N4. The molecule has 0 radical (unpaired) electrons. The maximum Gasteiger partial charge on any atom is 0.124 e. The molecule has 1 unspecified atom stereocenters. The SMILES string of the molecule is CCc1ccc2nc(C(CC)N3CCCNCC3)[nH]c2c1. The predicted octanol–water partition coefficient (Wildman–Crippen LogP) is 2.87. The van der Waals surface area contributed by atoms with Crippen molar-refractivity contribution in [2.45, 2.75) is 39.2 Å². The molecule has 1 aliphatic heterocycles. The molecule has 2 aromatic rings. The average molecular weight is 286 g/mol. The van der Waals surface area contributed by atoms with E-state index in [1.807, 2.05) is 0 Å². The highest BCUT2D eigenvalue weighted by Crippen LogP contribution is 2.25. The van der Waals surface area contributed by atoms with E-state index in [0.717, 1.165) is 50.4 Å². The number of aromatic nitrogens is 2. The van der Waals surface area contributed by atoms with Gasteiger partial charge in [-0.15, -0.1) is 0 Å². The Hall–Kier alpha value is -1.39. The van der Waals surface area contributed by atoms with Crippen molar-refractivity contribution in [3.8, 4) is 0 Å². The van der Waals surface area contributed by atoms with Crippen LogP contribution >= 0.6 is 0 Å². The third-order valence-electron chi connectivity index (χ3n) is 4.49. The van der Waals surface area contributed by atoms with Gasteiger partial charge in [0.05, 0.1) is 17.1 Å². The minimum atomic E-state index is 0.405. The van der Waals surface area contributed by atoms with Gasteiger partial charge in [0.1, 0.15) is 5.82 Å². The van der Waals surface area contributed by atoms with Crippen LogP contribution in [0.3, 0.4) is 0 Å². The smallest absolute Gasteiger partial charge is 0.124 e. The lowest BCUT2D eigenvalue weighted by atomic mass is 10.1. The van der Waals surface area contributed by atoms with Crippen LogP contribution in [0.5, 0.6) is 0 Å². The minimum Gasteiger partial charge on any atom is -0.341 e. The Labute approximate surface area is 126 Å². The van der Waals surface area contributed by atoms with E-state index in [0.29, 0.717) is 6.04 Å². The van der Waals surface area contributed by atoms with Crippen LogP contribution < -0.4 is 5.32 Å². The van der Waals surface area contributed by atoms with Crippen molar-refractivity contribution in [3.05, 3.63) is 29.6 Å². The minimum absolute atomic E-state index is 0.405. The summed E-state index contributed by atoms with van der Waals surface area (Å²) in [5.41, 5.74) is 3.63. The molecule has 1 fully saturated rings. The van der Waals surface area contributed by atoms with Gasteiger partial charge in [-0.3, -0.25) is 4.90 Å². The third kappa shape index (κ3) is 3.11. The van der Waals surface area contributed by atoms with Crippen LogP contribution in [0.25, 0.3) is 11.0 Å². The molecule has 1 saturated heterocycles. The van der Waals surface area contributed by atoms with Crippen molar-refractivity contribution in [1.82, 2.24) is 20.2 Å². The molecule has 3 rings (SSSR count). The highest BCUT2D eigenvalue weighted by Gasteiger charge is 2.22. The zero-order valence-corrected chi connectivity index (χ0v) is 13.2. The average Bonchev–Trinajstić information content (AvgIpc) is 2.73. The van der Waals surface area contributed by atoms with Gasteiger partial charge in [-0.2, -0.15) is 0 Å². The Balaban J connectivity index is 1.88. The van der Waals surface area contributed by atoms with Gasteiger partial charge in [-0.05, 0) is 43.5 Å². The largest absolute Gasteiger partial charge is 0.341 e. The number of aromatic amines is 1. The summed E-state index contributed by atoms with van der Waals surface area (Å²) in [6.07, 6.45) is 3.39. The zero-order chi connectivity index (χ0) is 14.7. The fourth-order valence-corrected chi connectivity index (χ4v) is 3.26. The Morgan fingerprint density at radius 2 is 2.14 bits per heavy atom. The second kappa shape index (κ2) is 6.58. The van der Waals surface area contributed by atoms with E-state index in [-0.39, 0.29) is 0 Å².